The van der Waals surface area contributed by atoms with Crippen molar-refractivity contribution in [3.63, 3.8) is 0 Å². The molecule has 1 fully saturated rings. The molecule has 4 nitrogen and oxygen atoms in total. The predicted molar refractivity (Wildman–Crippen MR) is 53.1 cm³/mol. The van der Waals surface area contributed by atoms with Crippen LogP contribution in [-0.2, 0) is 14.3 Å². The van der Waals surface area contributed by atoms with E-state index in [1.54, 1.807) is 0 Å². The van der Waals surface area contributed by atoms with Crippen molar-refractivity contribution in [1.29, 1.82) is 0 Å². The topological polar surface area (TPSA) is 47.6 Å². The van der Waals surface area contributed by atoms with Crippen LogP contribution in [0.5, 0.6) is 0 Å². The van der Waals surface area contributed by atoms with Crippen LogP contribution in [-0.4, -0.2) is 37.9 Å². The second kappa shape index (κ2) is 5.98. The van der Waals surface area contributed by atoms with E-state index in [1.165, 1.54) is 0 Å². The first-order valence-electron chi connectivity index (χ1n) is 5.24. The molecule has 0 aromatic rings. The smallest absolute Gasteiger partial charge is 0.322 e. The van der Waals surface area contributed by atoms with Gasteiger partial charge in [0.05, 0.1) is 6.61 Å². The molecule has 0 saturated carbocycles. The van der Waals surface area contributed by atoms with Crippen molar-refractivity contribution in [2.24, 2.45) is 0 Å². The van der Waals surface area contributed by atoms with E-state index >= 15 is 0 Å². The third-order valence-corrected chi connectivity index (χ3v) is 2.35. The van der Waals surface area contributed by atoms with Gasteiger partial charge in [-0.1, -0.05) is 0 Å². The Morgan fingerprint density at radius 3 is 2.79 bits per heavy atom. The third-order valence-electron chi connectivity index (χ3n) is 2.35. The van der Waals surface area contributed by atoms with Gasteiger partial charge in [0.25, 0.3) is 0 Å². The maximum Gasteiger partial charge on any atom is 0.322 e. The lowest BCUT2D eigenvalue weighted by Gasteiger charge is -2.25. The normalized spacial score (nSPS) is 20.4. The summed E-state index contributed by atoms with van der Waals surface area (Å²) in [6.07, 6.45) is 1.95. The Labute approximate surface area is 85.0 Å². The molecule has 0 radical (unpaired) electrons. The lowest BCUT2D eigenvalue weighted by atomic mass is 10.1. The quantitative estimate of drug-likeness (QED) is 0.680. The Morgan fingerprint density at radius 2 is 2.21 bits per heavy atom. The van der Waals surface area contributed by atoms with Crippen molar-refractivity contribution in [3.05, 3.63) is 0 Å². The summed E-state index contributed by atoms with van der Waals surface area (Å²) >= 11 is 0. The van der Waals surface area contributed by atoms with Gasteiger partial charge in [0.15, 0.2) is 0 Å². The highest BCUT2D eigenvalue weighted by Gasteiger charge is 2.20. The number of ether oxygens (including phenoxy) is 2. The maximum atomic E-state index is 11.3. The summed E-state index contributed by atoms with van der Waals surface area (Å²) in [5.74, 6) is -0.168. The van der Waals surface area contributed by atoms with Gasteiger partial charge in [0, 0.05) is 19.3 Å². The predicted octanol–water partition coefficient (Wildman–Crippen LogP) is 0.707. The van der Waals surface area contributed by atoms with E-state index in [0.717, 1.165) is 26.1 Å². The van der Waals surface area contributed by atoms with Gasteiger partial charge in [-0.2, -0.15) is 0 Å². The van der Waals surface area contributed by atoms with Gasteiger partial charge in [0.2, 0.25) is 0 Å². The standard InChI is InChI=1S/C10H19NO3/c1-3-14-10(12)8(2)11-9-4-6-13-7-5-9/h8-9,11H,3-7H2,1-2H3. The average Bonchev–Trinajstić information content (AvgIpc) is 2.19. The molecule has 1 unspecified atom stereocenters. The molecule has 0 aliphatic carbocycles. The zero-order chi connectivity index (χ0) is 10.4. The van der Waals surface area contributed by atoms with E-state index < -0.39 is 0 Å². The van der Waals surface area contributed by atoms with Gasteiger partial charge in [-0.05, 0) is 26.7 Å². The Bertz CT molecular complexity index is 178. The number of rotatable bonds is 4. The van der Waals surface area contributed by atoms with Crippen molar-refractivity contribution in [1.82, 2.24) is 5.32 Å². The van der Waals surface area contributed by atoms with E-state index in [0.29, 0.717) is 12.6 Å². The maximum absolute atomic E-state index is 11.3. The SMILES string of the molecule is CCOC(=O)C(C)NC1CCOCC1. The monoisotopic (exact) mass is 201 g/mol. The molecule has 0 bridgehead atoms. The summed E-state index contributed by atoms with van der Waals surface area (Å²) in [5.41, 5.74) is 0. The van der Waals surface area contributed by atoms with Crippen molar-refractivity contribution in [2.75, 3.05) is 19.8 Å². The Hall–Kier alpha value is -0.610. The number of carbonyl (C=O) groups is 1. The summed E-state index contributed by atoms with van der Waals surface area (Å²) < 4.78 is 10.1. The number of hydrogen-bond acceptors (Lipinski definition) is 4. The van der Waals surface area contributed by atoms with E-state index in [-0.39, 0.29) is 12.0 Å². The van der Waals surface area contributed by atoms with Gasteiger partial charge < -0.3 is 14.8 Å². The molecule has 14 heavy (non-hydrogen) atoms. The van der Waals surface area contributed by atoms with Crippen LogP contribution in [0.15, 0.2) is 0 Å². The van der Waals surface area contributed by atoms with Gasteiger partial charge >= 0.3 is 5.97 Å². The summed E-state index contributed by atoms with van der Waals surface area (Å²) in [6.45, 7) is 5.67. The van der Waals surface area contributed by atoms with Gasteiger partial charge in [-0.3, -0.25) is 4.79 Å². The van der Waals surface area contributed by atoms with Crippen molar-refractivity contribution in [2.45, 2.75) is 38.8 Å². The molecule has 0 amide bonds. The highest BCUT2D eigenvalue weighted by Crippen LogP contribution is 2.07. The van der Waals surface area contributed by atoms with Crippen LogP contribution < -0.4 is 5.32 Å². The summed E-state index contributed by atoms with van der Waals surface area (Å²) in [5, 5.41) is 3.25. The Balaban J connectivity index is 2.24. The highest BCUT2D eigenvalue weighted by molar-refractivity contribution is 5.75. The molecule has 1 N–H and O–H groups in total. The van der Waals surface area contributed by atoms with Crippen LogP contribution in [0.25, 0.3) is 0 Å². The first-order valence-corrected chi connectivity index (χ1v) is 5.24. The molecule has 0 aromatic heterocycles. The number of carbonyl (C=O) groups excluding carboxylic acids is 1. The minimum atomic E-state index is -0.210. The first kappa shape index (κ1) is 11.5. The summed E-state index contributed by atoms with van der Waals surface area (Å²) in [6, 6.07) is 0.182. The van der Waals surface area contributed by atoms with E-state index in [4.69, 9.17) is 9.47 Å². The van der Waals surface area contributed by atoms with Gasteiger partial charge in [0.1, 0.15) is 6.04 Å². The van der Waals surface area contributed by atoms with Crippen molar-refractivity contribution in [3.8, 4) is 0 Å². The van der Waals surface area contributed by atoms with Crippen molar-refractivity contribution < 1.29 is 14.3 Å². The Morgan fingerprint density at radius 1 is 1.57 bits per heavy atom. The van der Waals surface area contributed by atoms with Crippen molar-refractivity contribution >= 4 is 5.97 Å². The van der Waals surface area contributed by atoms with Crippen LogP contribution in [0.4, 0.5) is 0 Å². The average molecular weight is 201 g/mol. The molecule has 82 valence electrons. The molecule has 1 saturated heterocycles. The lowest BCUT2D eigenvalue weighted by Crippen LogP contribution is -2.44. The van der Waals surface area contributed by atoms with Crippen LogP contribution in [0.2, 0.25) is 0 Å². The molecule has 1 rings (SSSR count). The minimum absolute atomic E-state index is 0.168. The largest absolute Gasteiger partial charge is 0.465 e. The second-order valence-electron chi connectivity index (χ2n) is 3.53. The molecule has 1 aliphatic heterocycles. The molecule has 0 spiro atoms. The van der Waals surface area contributed by atoms with Gasteiger partial charge in [-0.25, -0.2) is 0 Å². The fourth-order valence-corrected chi connectivity index (χ4v) is 1.55. The van der Waals surface area contributed by atoms with Crippen LogP contribution >= 0.6 is 0 Å². The molecular formula is C10H19NO3. The van der Waals surface area contributed by atoms with E-state index in [9.17, 15) is 4.79 Å². The fraction of sp³-hybridized carbons (Fsp3) is 0.900. The number of nitrogens with one attached hydrogen (secondary N) is 1. The van der Waals surface area contributed by atoms with E-state index in [2.05, 4.69) is 5.32 Å². The van der Waals surface area contributed by atoms with Crippen LogP contribution in [0, 0.1) is 0 Å². The fourth-order valence-electron chi connectivity index (χ4n) is 1.55. The molecule has 4 heteroatoms. The molecule has 1 heterocycles. The second-order valence-corrected chi connectivity index (χ2v) is 3.53. The first-order chi connectivity index (χ1) is 6.74. The zero-order valence-corrected chi connectivity index (χ0v) is 8.91. The summed E-state index contributed by atoms with van der Waals surface area (Å²) in [4.78, 5) is 11.3. The Kier molecular flexibility index (Phi) is 4.90. The third kappa shape index (κ3) is 3.64. The highest BCUT2D eigenvalue weighted by atomic mass is 16.5. The molecule has 1 atom stereocenters. The lowest BCUT2D eigenvalue weighted by molar-refractivity contribution is -0.145. The number of hydrogen-bond donors (Lipinski definition) is 1. The molecule has 1 aliphatic rings. The molecule has 0 aromatic carbocycles. The van der Waals surface area contributed by atoms with Crippen LogP contribution in [0.1, 0.15) is 26.7 Å². The minimum Gasteiger partial charge on any atom is -0.465 e. The summed E-state index contributed by atoms with van der Waals surface area (Å²) in [7, 11) is 0. The zero-order valence-electron chi connectivity index (χ0n) is 8.91. The molecular weight excluding hydrogens is 182 g/mol. The van der Waals surface area contributed by atoms with E-state index in [1.807, 2.05) is 13.8 Å². The van der Waals surface area contributed by atoms with Crippen LogP contribution in [0.3, 0.4) is 0 Å². The number of esters is 1. The van der Waals surface area contributed by atoms with Gasteiger partial charge in [-0.15, -0.1) is 0 Å².